The van der Waals surface area contributed by atoms with Gasteiger partial charge in [-0.15, -0.1) is 10.2 Å². The van der Waals surface area contributed by atoms with Crippen molar-refractivity contribution in [2.45, 2.75) is 26.4 Å². The number of rotatable bonds is 5. The van der Waals surface area contributed by atoms with Crippen LogP contribution < -0.4 is 16.0 Å². The van der Waals surface area contributed by atoms with Crippen molar-refractivity contribution in [1.29, 1.82) is 0 Å². The van der Waals surface area contributed by atoms with E-state index >= 15 is 0 Å². The molecular formula is C12H16N4OS. The van der Waals surface area contributed by atoms with E-state index in [0.29, 0.717) is 17.7 Å². The molecule has 0 spiro atoms. The van der Waals surface area contributed by atoms with E-state index in [9.17, 15) is 0 Å². The molecule has 1 heterocycles. The molecule has 0 atom stereocenters. The molecule has 5 nitrogen and oxygen atoms in total. The van der Waals surface area contributed by atoms with E-state index in [4.69, 9.17) is 10.6 Å². The van der Waals surface area contributed by atoms with Gasteiger partial charge in [-0.2, -0.15) is 0 Å². The molecule has 0 aliphatic carbocycles. The van der Waals surface area contributed by atoms with Crippen molar-refractivity contribution in [3.05, 3.63) is 34.8 Å². The zero-order valence-corrected chi connectivity index (χ0v) is 11.2. The second-order valence-corrected chi connectivity index (χ2v) is 5.19. The first-order chi connectivity index (χ1) is 8.70. The van der Waals surface area contributed by atoms with E-state index in [1.807, 2.05) is 18.2 Å². The van der Waals surface area contributed by atoms with Crippen LogP contribution in [0.3, 0.4) is 0 Å². The summed E-state index contributed by atoms with van der Waals surface area (Å²) in [5, 5.41) is 9.22. The van der Waals surface area contributed by atoms with Crippen LogP contribution in [-0.2, 0) is 6.61 Å². The maximum Gasteiger partial charge on any atom is 0.219 e. The third-order valence-electron chi connectivity index (χ3n) is 2.48. The van der Waals surface area contributed by atoms with E-state index in [1.54, 1.807) is 0 Å². The molecule has 0 radical (unpaired) electrons. The zero-order valence-electron chi connectivity index (χ0n) is 10.4. The van der Waals surface area contributed by atoms with Crippen molar-refractivity contribution in [3.63, 3.8) is 0 Å². The number of para-hydroxylation sites is 1. The molecule has 18 heavy (non-hydrogen) atoms. The van der Waals surface area contributed by atoms with Gasteiger partial charge in [-0.3, -0.25) is 5.43 Å². The van der Waals surface area contributed by atoms with Gasteiger partial charge in [-0.25, -0.2) is 5.84 Å². The lowest BCUT2D eigenvalue weighted by molar-refractivity contribution is 0.300. The summed E-state index contributed by atoms with van der Waals surface area (Å²) in [5.41, 5.74) is 3.66. The minimum Gasteiger partial charge on any atom is -0.486 e. The molecule has 0 saturated heterocycles. The quantitative estimate of drug-likeness (QED) is 0.641. The fourth-order valence-electron chi connectivity index (χ4n) is 1.60. The van der Waals surface area contributed by atoms with Crippen molar-refractivity contribution in [2.24, 2.45) is 5.84 Å². The van der Waals surface area contributed by atoms with E-state index in [1.165, 1.54) is 16.9 Å². The number of nitrogens with one attached hydrogen (secondary N) is 1. The molecule has 2 rings (SSSR count). The van der Waals surface area contributed by atoms with Gasteiger partial charge in [0.1, 0.15) is 12.4 Å². The Hall–Kier alpha value is -1.66. The molecule has 3 N–H and O–H groups in total. The van der Waals surface area contributed by atoms with Gasteiger partial charge in [0.05, 0.1) is 0 Å². The summed E-state index contributed by atoms with van der Waals surface area (Å²) in [6, 6.07) is 8.03. The minimum atomic E-state index is 0.406. The van der Waals surface area contributed by atoms with Gasteiger partial charge in [0.2, 0.25) is 5.13 Å². The maximum absolute atomic E-state index is 5.78. The summed E-state index contributed by atoms with van der Waals surface area (Å²) >= 11 is 1.38. The summed E-state index contributed by atoms with van der Waals surface area (Å²) in [7, 11) is 0. The number of ether oxygens (including phenoxy) is 1. The molecule has 0 saturated carbocycles. The van der Waals surface area contributed by atoms with Crippen LogP contribution in [0.15, 0.2) is 24.3 Å². The molecule has 1 aromatic heterocycles. The van der Waals surface area contributed by atoms with Crippen molar-refractivity contribution >= 4 is 16.5 Å². The topological polar surface area (TPSA) is 73.1 Å². The predicted molar refractivity (Wildman–Crippen MR) is 72.6 cm³/mol. The summed E-state index contributed by atoms with van der Waals surface area (Å²) in [6.07, 6.45) is 0. The highest BCUT2D eigenvalue weighted by atomic mass is 32.1. The first-order valence-electron chi connectivity index (χ1n) is 5.71. The normalized spacial score (nSPS) is 10.7. The van der Waals surface area contributed by atoms with Gasteiger partial charge in [0.25, 0.3) is 0 Å². The first kappa shape index (κ1) is 12.8. The SMILES string of the molecule is CC(C)c1ccccc1OCc1nnc(NN)s1. The lowest BCUT2D eigenvalue weighted by atomic mass is 10.0. The third-order valence-corrected chi connectivity index (χ3v) is 3.31. The Morgan fingerprint density at radius 2 is 2.11 bits per heavy atom. The minimum absolute atomic E-state index is 0.406. The Kier molecular flexibility index (Phi) is 4.11. The molecular weight excluding hydrogens is 248 g/mol. The number of nitrogens with zero attached hydrogens (tertiary/aromatic N) is 2. The molecule has 1 aromatic carbocycles. The second kappa shape index (κ2) is 5.79. The van der Waals surface area contributed by atoms with Crippen molar-refractivity contribution < 1.29 is 4.74 Å². The van der Waals surface area contributed by atoms with Gasteiger partial charge >= 0.3 is 0 Å². The van der Waals surface area contributed by atoms with Crippen LogP contribution in [0.25, 0.3) is 0 Å². The highest BCUT2D eigenvalue weighted by Gasteiger charge is 2.08. The van der Waals surface area contributed by atoms with Crippen LogP contribution in [0, 0.1) is 0 Å². The summed E-state index contributed by atoms with van der Waals surface area (Å²) in [5.74, 6) is 6.57. The van der Waals surface area contributed by atoms with Crippen LogP contribution in [0.2, 0.25) is 0 Å². The number of nitrogens with two attached hydrogens (primary N) is 1. The Labute approximate surface area is 110 Å². The lowest BCUT2D eigenvalue weighted by Crippen LogP contribution is -2.05. The van der Waals surface area contributed by atoms with Crippen LogP contribution in [0.4, 0.5) is 5.13 Å². The highest BCUT2D eigenvalue weighted by molar-refractivity contribution is 7.15. The number of hydrogen-bond donors (Lipinski definition) is 2. The number of nitrogen functional groups attached to an aromatic ring is 1. The Bertz CT molecular complexity index is 512. The molecule has 0 aliphatic heterocycles. The number of benzene rings is 1. The van der Waals surface area contributed by atoms with Crippen LogP contribution in [0.1, 0.15) is 30.3 Å². The largest absolute Gasteiger partial charge is 0.486 e. The predicted octanol–water partition coefficient (Wildman–Crippen LogP) is 2.53. The van der Waals surface area contributed by atoms with Crippen LogP contribution in [0.5, 0.6) is 5.75 Å². The molecule has 0 fully saturated rings. The Balaban J connectivity index is 2.05. The first-order valence-corrected chi connectivity index (χ1v) is 6.53. The van der Waals surface area contributed by atoms with E-state index < -0.39 is 0 Å². The monoisotopic (exact) mass is 264 g/mol. The highest BCUT2D eigenvalue weighted by Crippen LogP contribution is 2.27. The van der Waals surface area contributed by atoms with Gasteiger partial charge in [-0.05, 0) is 17.5 Å². The molecule has 96 valence electrons. The Morgan fingerprint density at radius 1 is 1.33 bits per heavy atom. The van der Waals surface area contributed by atoms with Crippen molar-refractivity contribution in [3.8, 4) is 5.75 Å². The lowest BCUT2D eigenvalue weighted by Gasteiger charge is -2.12. The second-order valence-electron chi connectivity index (χ2n) is 4.13. The van der Waals surface area contributed by atoms with Crippen LogP contribution in [-0.4, -0.2) is 10.2 Å². The smallest absolute Gasteiger partial charge is 0.219 e. The standard InChI is InChI=1S/C12H16N4OS/c1-8(2)9-5-3-4-6-10(9)17-7-11-15-16-12(14-13)18-11/h3-6,8H,7,13H2,1-2H3,(H,14,16). The molecule has 0 amide bonds. The van der Waals surface area contributed by atoms with E-state index in [0.717, 1.165) is 10.8 Å². The molecule has 0 unspecified atom stereocenters. The van der Waals surface area contributed by atoms with Crippen molar-refractivity contribution in [2.75, 3.05) is 5.43 Å². The van der Waals surface area contributed by atoms with Gasteiger partial charge in [0.15, 0.2) is 5.01 Å². The van der Waals surface area contributed by atoms with E-state index in [2.05, 4.69) is 35.5 Å². The number of aromatic nitrogens is 2. The molecule has 0 aliphatic rings. The molecule has 6 heteroatoms. The molecule has 2 aromatic rings. The summed E-state index contributed by atoms with van der Waals surface area (Å²) in [6.45, 7) is 4.69. The number of hydrogen-bond acceptors (Lipinski definition) is 6. The average Bonchev–Trinajstić information content (AvgIpc) is 2.84. The summed E-state index contributed by atoms with van der Waals surface area (Å²) < 4.78 is 5.78. The average molecular weight is 264 g/mol. The number of anilines is 1. The fourth-order valence-corrected chi connectivity index (χ4v) is 2.16. The van der Waals surface area contributed by atoms with Gasteiger partial charge < -0.3 is 4.74 Å². The van der Waals surface area contributed by atoms with Gasteiger partial charge in [-0.1, -0.05) is 43.4 Å². The number of hydrazine groups is 1. The molecule has 0 bridgehead atoms. The van der Waals surface area contributed by atoms with Crippen molar-refractivity contribution in [1.82, 2.24) is 10.2 Å². The zero-order chi connectivity index (χ0) is 13.0. The fraction of sp³-hybridized carbons (Fsp3) is 0.333. The van der Waals surface area contributed by atoms with Crippen LogP contribution >= 0.6 is 11.3 Å². The maximum atomic E-state index is 5.78. The van der Waals surface area contributed by atoms with Gasteiger partial charge in [0, 0.05) is 0 Å². The Morgan fingerprint density at radius 3 is 2.78 bits per heavy atom. The third kappa shape index (κ3) is 2.96. The summed E-state index contributed by atoms with van der Waals surface area (Å²) in [4.78, 5) is 0. The van der Waals surface area contributed by atoms with E-state index in [-0.39, 0.29) is 0 Å².